The Hall–Kier alpha value is -2.56. The standard InChI is InChI=1S/C15H18N4O/c1-2-13(15-17-8-9-18-15)19-14(20)7-6-11-4-3-5-12(16)10-11/h3-10,13H,2,16H2,1H3,(H,17,18)(H,19,20)/b7-6+. The third-order valence-corrected chi connectivity index (χ3v) is 2.91. The second-order valence-corrected chi connectivity index (χ2v) is 4.45. The van der Waals surface area contributed by atoms with Gasteiger partial charge in [0, 0.05) is 24.2 Å². The van der Waals surface area contributed by atoms with Gasteiger partial charge in [-0.15, -0.1) is 0 Å². The zero-order valence-corrected chi connectivity index (χ0v) is 11.3. The van der Waals surface area contributed by atoms with Crippen molar-refractivity contribution in [3.8, 4) is 0 Å². The number of anilines is 1. The lowest BCUT2D eigenvalue weighted by atomic mass is 10.2. The molecular formula is C15H18N4O. The molecule has 1 unspecified atom stereocenters. The van der Waals surface area contributed by atoms with Gasteiger partial charge in [-0.25, -0.2) is 4.98 Å². The SMILES string of the molecule is CCC(NC(=O)/C=C/c1cccc(N)c1)c1ncc[nH]1. The van der Waals surface area contributed by atoms with E-state index in [1.54, 1.807) is 24.5 Å². The fraction of sp³-hybridized carbons (Fsp3) is 0.200. The average Bonchev–Trinajstić information content (AvgIpc) is 2.96. The molecule has 5 heteroatoms. The van der Waals surface area contributed by atoms with Crippen LogP contribution in [-0.2, 0) is 4.79 Å². The molecule has 2 rings (SSSR count). The van der Waals surface area contributed by atoms with Crippen LogP contribution < -0.4 is 11.1 Å². The van der Waals surface area contributed by atoms with Crippen LogP contribution >= 0.6 is 0 Å². The average molecular weight is 270 g/mol. The Morgan fingerprint density at radius 2 is 2.40 bits per heavy atom. The quantitative estimate of drug-likeness (QED) is 0.575. The number of nitrogen functional groups attached to an aromatic ring is 1. The first-order valence-corrected chi connectivity index (χ1v) is 6.52. The molecule has 20 heavy (non-hydrogen) atoms. The molecule has 5 nitrogen and oxygen atoms in total. The van der Waals surface area contributed by atoms with Crippen LogP contribution in [0.1, 0.15) is 30.8 Å². The molecule has 0 aliphatic carbocycles. The second kappa shape index (κ2) is 6.56. The summed E-state index contributed by atoms with van der Waals surface area (Å²) >= 11 is 0. The van der Waals surface area contributed by atoms with E-state index in [4.69, 9.17) is 5.73 Å². The van der Waals surface area contributed by atoms with Gasteiger partial charge in [0.15, 0.2) is 0 Å². The summed E-state index contributed by atoms with van der Waals surface area (Å²) in [5.74, 6) is 0.605. The maximum Gasteiger partial charge on any atom is 0.244 e. The molecule has 1 aromatic carbocycles. The first kappa shape index (κ1) is 13.9. The van der Waals surface area contributed by atoms with Gasteiger partial charge in [-0.2, -0.15) is 0 Å². The van der Waals surface area contributed by atoms with E-state index in [0.29, 0.717) is 5.69 Å². The van der Waals surface area contributed by atoms with E-state index in [-0.39, 0.29) is 11.9 Å². The normalized spacial score (nSPS) is 12.4. The number of amides is 1. The van der Waals surface area contributed by atoms with Crippen LogP contribution in [0.3, 0.4) is 0 Å². The number of carbonyl (C=O) groups excluding carboxylic acids is 1. The van der Waals surface area contributed by atoms with Gasteiger partial charge >= 0.3 is 0 Å². The Morgan fingerprint density at radius 3 is 3.05 bits per heavy atom. The molecule has 1 atom stereocenters. The Morgan fingerprint density at radius 1 is 1.55 bits per heavy atom. The molecule has 0 bridgehead atoms. The van der Waals surface area contributed by atoms with Crippen molar-refractivity contribution in [3.63, 3.8) is 0 Å². The van der Waals surface area contributed by atoms with E-state index in [1.807, 2.05) is 25.1 Å². The van der Waals surface area contributed by atoms with Crippen molar-refractivity contribution in [2.45, 2.75) is 19.4 Å². The third kappa shape index (κ3) is 3.71. The van der Waals surface area contributed by atoms with Crippen molar-refractivity contribution in [1.29, 1.82) is 0 Å². The highest BCUT2D eigenvalue weighted by molar-refractivity contribution is 5.92. The number of nitrogens with one attached hydrogen (secondary N) is 2. The van der Waals surface area contributed by atoms with Gasteiger partial charge in [-0.1, -0.05) is 19.1 Å². The van der Waals surface area contributed by atoms with Crippen molar-refractivity contribution in [2.75, 3.05) is 5.73 Å². The van der Waals surface area contributed by atoms with Crippen molar-refractivity contribution in [1.82, 2.24) is 15.3 Å². The molecule has 0 fully saturated rings. The lowest BCUT2D eigenvalue weighted by Crippen LogP contribution is -2.27. The van der Waals surface area contributed by atoms with Crippen molar-refractivity contribution in [3.05, 3.63) is 54.1 Å². The molecule has 0 saturated carbocycles. The maximum atomic E-state index is 11.9. The second-order valence-electron chi connectivity index (χ2n) is 4.45. The molecular weight excluding hydrogens is 252 g/mol. The van der Waals surface area contributed by atoms with Crippen LogP contribution in [0.15, 0.2) is 42.7 Å². The number of H-pyrrole nitrogens is 1. The summed E-state index contributed by atoms with van der Waals surface area (Å²) in [6.07, 6.45) is 7.42. The molecule has 0 aliphatic heterocycles. The predicted molar refractivity (Wildman–Crippen MR) is 79.7 cm³/mol. The highest BCUT2D eigenvalue weighted by Gasteiger charge is 2.12. The zero-order chi connectivity index (χ0) is 14.4. The first-order chi connectivity index (χ1) is 9.69. The summed E-state index contributed by atoms with van der Waals surface area (Å²) in [5.41, 5.74) is 7.25. The van der Waals surface area contributed by atoms with Gasteiger partial charge in [0.05, 0.1) is 6.04 Å². The van der Waals surface area contributed by atoms with E-state index >= 15 is 0 Å². The summed E-state index contributed by atoms with van der Waals surface area (Å²) in [4.78, 5) is 19.1. The van der Waals surface area contributed by atoms with Crippen LogP contribution in [0, 0.1) is 0 Å². The molecule has 0 radical (unpaired) electrons. The minimum absolute atomic E-state index is 0.108. The molecule has 0 spiro atoms. The van der Waals surface area contributed by atoms with Crippen molar-refractivity contribution < 1.29 is 4.79 Å². The summed E-state index contributed by atoms with van der Waals surface area (Å²) in [5, 5.41) is 2.90. The third-order valence-electron chi connectivity index (χ3n) is 2.91. The Balaban J connectivity index is 1.98. The number of imidazole rings is 1. The van der Waals surface area contributed by atoms with Crippen molar-refractivity contribution in [2.24, 2.45) is 0 Å². The monoisotopic (exact) mass is 270 g/mol. The number of aromatic amines is 1. The molecule has 1 heterocycles. The van der Waals surface area contributed by atoms with Crippen LogP contribution in [0.5, 0.6) is 0 Å². The Kier molecular flexibility index (Phi) is 4.55. The summed E-state index contributed by atoms with van der Waals surface area (Å²) < 4.78 is 0. The first-order valence-electron chi connectivity index (χ1n) is 6.52. The number of benzene rings is 1. The lowest BCUT2D eigenvalue weighted by Gasteiger charge is -2.12. The molecule has 1 aromatic heterocycles. The van der Waals surface area contributed by atoms with E-state index in [2.05, 4.69) is 15.3 Å². The molecule has 104 valence electrons. The van der Waals surface area contributed by atoms with Gasteiger partial charge < -0.3 is 16.0 Å². The van der Waals surface area contributed by atoms with E-state index in [9.17, 15) is 4.79 Å². The number of rotatable bonds is 5. The molecule has 0 aliphatic rings. The molecule has 0 saturated heterocycles. The van der Waals surface area contributed by atoms with E-state index < -0.39 is 0 Å². The lowest BCUT2D eigenvalue weighted by molar-refractivity contribution is -0.117. The fourth-order valence-electron chi connectivity index (χ4n) is 1.89. The zero-order valence-electron chi connectivity index (χ0n) is 11.3. The van der Waals surface area contributed by atoms with E-state index in [0.717, 1.165) is 17.8 Å². The summed E-state index contributed by atoms with van der Waals surface area (Å²) in [7, 11) is 0. The smallest absolute Gasteiger partial charge is 0.244 e. The number of nitrogens with two attached hydrogens (primary N) is 1. The largest absolute Gasteiger partial charge is 0.399 e. The predicted octanol–water partition coefficient (Wildman–Crippen LogP) is 2.27. The summed E-state index contributed by atoms with van der Waals surface area (Å²) in [6.45, 7) is 2.00. The van der Waals surface area contributed by atoms with Crippen LogP contribution in [0.4, 0.5) is 5.69 Å². The van der Waals surface area contributed by atoms with Gasteiger partial charge in [0.1, 0.15) is 5.82 Å². The Bertz CT molecular complexity index is 590. The number of nitrogens with zero attached hydrogens (tertiary/aromatic N) is 1. The number of hydrogen-bond acceptors (Lipinski definition) is 3. The maximum absolute atomic E-state index is 11.9. The van der Waals surface area contributed by atoms with Gasteiger partial charge in [0.2, 0.25) is 5.91 Å². The van der Waals surface area contributed by atoms with Gasteiger partial charge in [-0.3, -0.25) is 4.79 Å². The molecule has 1 amide bonds. The van der Waals surface area contributed by atoms with E-state index in [1.165, 1.54) is 6.08 Å². The van der Waals surface area contributed by atoms with Crippen LogP contribution in [0.2, 0.25) is 0 Å². The Labute approximate surface area is 117 Å². The minimum atomic E-state index is -0.157. The van der Waals surface area contributed by atoms with Crippen molar-refractivity contribution >= 4 is 17.7 Å². The highest BCUT2D eigenvalue weighted by atomic mass is 16.1. The highest BCUT2D eigenvalue weighted by Crippen LogP contribution is 2.12. The molecule has 2 aromatic rings. The number of hydrogen-bond donors (Lipinski definition) is 3. The molecule has 4 N–H and O–H groups in total. The minimum Gasteiger partial charge on any atom is -0.399 e. The van der Waals surface area contributed by atoms with Crippen LogP contribution in [-0.4, -0.2) is 15.9 Å². The number of carbonyl (C=O) groups is 1. The number of aromatic nitrogens is 2. The van der Waals surface area contributed by atoms with Gasteiger partial charge in [0.25, 0.3) is 0 Å². The van der Waals surface area contributed by atoms with Gasteiger partial charge in [-0.05, 0) is 30.2 Å². The fourth-order valence-corrected chi connectivity index (χ4v) is 1.89. The topological polar surface area (TPSA) is 83.8 Å². The summed E-state index contributed by atoms with van der Waals surface area (Å²) in [6, 6.07) is 7.26. The van der Waals surface area contributed by atoms with Crippen LogP contribution in [0.25, 0.3) is 6.08 Å².